The minimum Gasteiger partial charge on any atom is -0.481 e. The molecule has 1 aliphatic heterocycles. The Bertz CT molecular complexity index is 404. The molecule has 2 amide bonds. The topological polar surface area (TPSA) is 60.9 Å². The first-order chi connectivity index (χ1) is 10.1. The van der Waals surface area contributed by atoms with Gasteiger partial charge >= 0.3 is 12.0 Å². The number of carboxylic acids is 1. The molecule has 0 aromatic rings. The van der Waals surface area contributed by atoms with Crippen LogP contribution in [-0.2, 0) is 4.79 Å². The van der Waals surface area contributed by atoms with E-state index in [0.29, 0.717) is 12.5 Å². The van der Waals surface area contributed by atoms with Gasteiger partial charge in [0, 0.05) is 31.6 Å². The zero-order valence-electron chi connectivity index (χ0n) is 12.7. The largest absolute Gasteiger partial charge is 0.481 e. The molecule has 0 bridgehead atoms. The molecule has 1 atom stereocenters. The van der Waals surface area contributed by atoms with E-state index in [0.717, 1.165) is 51.1 Å². The highest BCUT2D eigenvalue weighted by Crippen LogP contribution is 2.36. The molecule has 118 valence electrons. The number of hydrogen-bond donors (Lipinski definition) is 1. The lowest BCUT2D eigenvalue weighted by Gasteiger charge is -2.39. The lowest BCUT2D eigenvalue weighted by Crippen LogP contribution is -2.51. The normalized spacial score (nSPS) is 25.7. The zero-order valence-corrected chi connectivity index (χ0v) is 12.7. The zero-order chi connectivity index (χ0) is 14.8. The highest BCUT2D eigenvalue weighted by atomic mass is 16.4. The van der Waals surface area contributed by atoms with Crippen molar-refractivity contribution >= 4 is 12.0 Å². The van der Waals surface area contributed by atoms with Crippen molar-refractivity contribution in [2.24, 2.45) is 5.92 Å². The van der Waals surface area contributed by atoms with Crippen LogP contribution in [0.4, 0.5) is 4.79 Å². The van der Waals surface area contributed by atoms with Crippen LogP contribution < -0.4 is 0 Å². The maximum Gasteiger partial charge on any atom is 0.320 e. The number of piperidine rings is 1. The molecule has 2 saturated carbocycles. The van der Waals surface area contributed by atoms with Crippen LogP contribution in [0, 0.1) is 5.92 Å². The second kappa shape index (κ2) is 6.24. The third-order valence-corrected chi connectivity index (χ3v) is 4.95. The molecule has 1 N–H and O–H groups in total. The highest BCUT2D eigenvalue weighted by Gasteiger charge is 2.40. The number of urea groups is 1. The summed E-state index contributed by atoms with van der Waals surface area (Å²) in [7, 11) is 0. The smallest absolute Gasteiger partial charge is 0.320 e. The van der Waals surface area contributed by atoms with Gasteiger partial charge in [0.05, 0.1) is 0 Å². The van der Waals surface area contributed by atoms with E-state index in [9.17, 15) is 9.59 Å². The molecule has 0 radical (unpaired) electrons. The Morgan fingerprint density at radius 3 is 2.48 bits per heavy atom. The molecule has 21 heavy (non-hydrogen) atoms. The molecule has 0 aromatic heterocycles. The van der Waals surface area contributed by atoms with Gasteiger partial charge in [0.2, 0.25) is 0 Å². The van der Waals surface area contributed by atoms with Crippen LogP contribution in [0.25, 0.3) is 0 Å². The van der Waals surface area contributed by atoms with Gasteiger partial charge in [-0.3, -0.25) is 4.79 Å². The second-order valence-corrected chi connectivity index (χ2v) is 6.88. The molecular weight excluding hydrogens is 268 g/mol. The standard InChI is InChI=1S/C16H26N2O3/c19-15(20)9-8-13-3-1-2-10-17(13)16(21)18(14-6-7-14)11-12-4-5-12/h12-14H,1-11H2,(H,19,20). The molecular formula is C16H26N2O3. The minimum atomic E-state index is -0.759. The minimum absolute atomic E-state index is 0.128. The van der Waals surface area contributed by atoms with E-state index in [-0.39, 0.29) is 18.5 Å². The van der Waals surface area contributed by atoms with Crippen molar-refractivity contribution < 1.29 is 14.7 Å². The molecule has 3 aliphatic rings. The van der Waals surface area contributed by atoms with Gasteiger partial charge < -0.3 is 14.9 Å². The van der Waals surface area contributed by atoms with Crippen LogP contribution in [0.15, 0.2) is 0 Å². The summed E-state index contributed by atoms with van der Waals surface area (Å²) >= 11 is 0. The summed E-state index contributed by atoms with van der Waals surface area (Å²) in [5.41, 5.74) is 0. The summed E-state index contributed by atoms with van der Waals surface area (Å²) in [6.45, 7) is 1.72. The third-order valence-electron chi connectivity index (χ3n) is 4.95. The van der Waals surface area contributed by atoms with Crippen LogP contribution in [0.1, 0.15) is 57.8 Å². The van der Waals surface area contributed by atoms with Gasteiger partial charge in [-0.1, -0.05) is 0 Å². The number of amides is 2. The summed E-state index contributed by atoms with van der Waals surface area (Å²) < 4.78 is 0. The Balaban J connectivity index is 1.62. The molecule has 5 nitrogen and oxygen atoms in total. The molecule has 1 saturated heterocycles. The fourth-order valence-electron chi connectivity index (χ4n) is 3.36. The van der Waals surface area contributed by atoms with Crippen LogP contribution in [0.5, 0.6) is 0 Å². The van der Waals surface area contributed by atoms with Gasteiger partial charge in [-0.25, -0.2) is 4.79 Å². The number of carbonyl (C=O) groups is 2. The van der Waals surface area contributed by atoms with Crippen molar-refractivity contribution in [1.82, 2.24) is 9.80 Å². The van der Waals surface area contributed by atoms with E-state index in [4.69, 9.17) is 5.11 Å². The third kappa shape index (κ3) is 3.89. The first-order valence-electron chi connectivity index (χ1n) is 8.44. The highest BCUT2D eigenvalue weighted by molar-refractivity contribution is 5.76. The lowest BCUT2D eigenvalue weighted by molar-refractivity contribution is -0.137. The number of hydrogen-bond acceptors (Lipinski definition) is 2. The predicted octanol–water partition coefficient (Wildman–Crippen LogP) is 2.70. The van der Waals surface area contributed by atoms with Gasteiger partial charge in [-0.2, -0.15) is 0 Å². The summed E-state index contributed by atoms with van der Waals surface area (Å²) in [6, 6.07) is 0.766. The van der Waals surface area contributed by atoms with E-state index in [1.807, 2.05) is 4.90 Å². The van der Waals surface area contributed by atoms with E-state index < -0.39 is 5.97 Å². The van der Waals surface area contributed by atoms with Crippen LogP contribution in [0.2, 0.25) is 0 Å². The van der Waals surface area contributed by atoms with E-state index in [2.05, 4.69) is 4.90 Å². The molecule has 0 aromatic carbocycles. The molecule has 3 rings (SSSR count). The van der Waals surface area contributed by atoms with Crippen molar-refractivity contribution in [1.29, 1.82) is 0 Å². The van der Waals surface area contributed by atoms with Crippen molar-refractivity contribution in [3.8, 4) is 0 Å². The Hall–Kier alpha value is -1.26. The van der Waals surface area contributed by atoms with E-state index in [1.165, 1.54) is 12.8 Å². The second-order valence-electron chi connectivity index (χ2n) is 6.88. The fraction of sp³-hybridized carbons (Fsp3) is 0.875. The number of rotatable bonds is 6. The fourth-order valence-corrected chi connectivity index (χ4v) is 3.36. The maximum atomic E-state index is 12.9. The van der Waals surface area contributed by atoms with Crippen molar-refractivity contribution in [3.05, 3.63) is 0 Å². The summed E-state index contributed by atoms with van der Waals surface area (Å²) in [4.78, 5) is 27.8. The van der Waals surface area contributed by atoms with Crippen molar-refractivity contribution in [2.75, 3.05) is 13.1 Å². The summed E-state index contributed by atoms with van der Waals surface area (Å²) in [5.74, 6) is -0.0400. The lowest BCUT2D eigenvalue weighted by atomic mass is 9.98. The number of carboxylic acid groups (broad SMARTS) is 1. The monoisotopic (exact) mass is 294 g/mol. The number of carbonyl (C=O) groups excluding carboxylic acids is 1. The van der Waals surface area contributed by atoms with Crippen molar-refractivity contribution in [2.45, 2.75) is 69.9 Å². The van der Waals surface area contributed by atoms with Gasteiger partial charge in [0.25, 0.3) is 0 Å². The van der Waals surface area contributed by atoms with Crippen LogP contribution in [0.3, 0.4) is 0 Å². The average Bonchev–Trinajstić information content (AvgIpc) is 3.35. The molecule has 0 spiro atoms. The molecule has 1 unspecified atom stereocenters. The van der Waals surface area contributed by atoms with Gasteiger partial charge in [-0.05, 0) is 57.3 Å². The molecule has 2 aliphatic carbocycles. The van der Waals surface area contributed by atoms with E-state index >= 15 is 0 Å². The molecule has 3 fully saturated rings. The Kier molecular flexibility index (Phi) is 4.36. The summed E-state index contributed by atoms with van der Waals surface area (Å²) in [6.07, 6.45) is 8.71. The Morgan fingerprint density at radius 1 is 1.10 bits per heavy atom. The quantitative estimate of drug-likeness (QED) is 0.819. The maximum absolute atomic E-state index is 12.9. The summed E-state index contributed by atoms with van der Waals surface area (Å²) in [5, 5.41) is 8.89. The number of aliphatic carboxylic acids is 1. The number of likely N-dealkylation sites (tertiary alicyclic amines) is 1. The predicted molar refractivity (Wildman–Crippen MR) is 79.1 cm³/mol. The first-order valence-corrected chi connectivity index (χ1v) is 8.44. The SMILES string of the molecule is O=C(O)CCC1CCCCN1C(=O)N(CC1CC1)C1CC1. The Labute approximate surface area is 126 Å². The van der Waals surface area contributed by atoms with Gasteiger partial charge in [0.1, 0.15) is 0 Å². The van der Waals surface area contributed by atoms with E-state index in [1.54, 1.807) is 0 Å². The number of nitrogens with zero attached hydrogens (tertiary/aromatic N) is 2. The molecule has 1 heterocycles. The van der Waals surface area contributed by atoms with Gasteiger partial charge in [0.15, 0.2) is 0 Å². The Morgan fingerprint density at radius 2 is 1.86 bits per heavy atom. The first kappa shape index (κ1) is 14.7. The van der Waals surface area contributed by atoms with Gasteiger partial charge in [-0.15, -0.1) is 0 Å². The van der Waals surface area contributed by atoms with Crippen LogP contribution >= 0.6 is 0 Å². The van der Waals surface area contributed by atoms with Crippen molar-refractivity contribution in [3.63, 3.8) is 0 Å². The average molecular weight is 294 g/mol. The molecule has 5 heteroatoms. The van der Waals surface area contributed by atoms with Crippen LogP contribution in [-0.4, -0.2) is 52.1 Å².